The fourth-order valence-corrected chi connectivity index (χ4v) is 6.07. The lowest BCUT2D eigenvalue weighted by atomic mass is 10.1. The van der Waals surface area contributed by atoms with E-state index < -0.39 is 22.5 Å². The molecule has 8 nitrogen and oxygen atoms in total. The summed E-state index contributed by atoms with van der Waals surface area (Å²) in [6.07, 6.45) is 1.57. The number of nitrogens with zero attached hydrogens (tertiary/aromatic N) is 3. The molecule has 1 amide bonds. The third kappa shape index (κ3) is 6.26. The molecule has 1 heterocycles. The minimum Gasteiger partial charge on any atom is -0.497 e. The van der Waals surface area contributed by atoms with E-state index >= 15 is 0 Å². The van der Waals surface area contributed by atoms with E-state index in [0.717, 1.165) is 32.5 Å². The summed E-state index contributed by atoms with van der Waals surface area (Å²) in [5, 5.41) is 4.15. The molecule has 1 N–H and O–H groups in total. The second kappa shape index (κ2) is 11.8. The quantitative estimate of drug-likeness (QED) is 0.221. The molecule has 0 spiro atoms. The molecule has 0 saturated carbocycles. The molecule has 0 saturated heterocycles. The molecule has 0 aliphatic heterocycles. The van der Waals surface area contributed by atoms with Gasteiger partial charge in [-0.1, -0.05) is 29.8 Å². The number of carbonyl (C=O) groups excluding carboxylic acids is 1. The van der Waals surface area contributed by atoms with Crippen LogP contribution in [0.25, 0.3) is 5.69 Å². The van der Waals surface area contributed by atoms with Gasteiger partial charge < -0.3 is 9.30 Å². The number of amides is 1. The summed E-state index contributed by atoms with van der Waals surface area (Å²) >= 11 is 0. The summed E-state index contributed by atoms with van der Waals surface area (Å²) in [5.74, 6) is -0.114. The minimum atomic E-state index is -4.05. The van der Waals surface area contributed by atoms with E-state index in [1.54, 1.807) is 42.6 Å². The normalized spacial score (nSPS) is 11.6. The number of benzene rings is 3. The van der Waals surface area contributed by atoms with E-state index in [1.165, 1.54) is 30.4 Å². The van der Waals surface area contributed by atoms with Crippen LogP contribution in [0.4, 0.5) is 5.69 Å². The predicted octanol–water partition coefficient (Wildman–Crippen LogP) is 5.37. The van der Waals surface area contributed by atoms with E-state index in [4.69, 9.17) is 4.74 Å². The molecular formula is C31H34N4O4S. The van der Waals surface area contributed by atoms with E-state index in [9.17, 15) is 13.2 Å². The molecule has 0 radical (unpaired) electrons. The summed E-state index contributed by atoms with van der Waals surface area (Å²) in [6, 6.07) is 21.4. The average Bonchev–Trinajstić information content (AvgIpc) is 3.19. The van der Waals surface area contributed by atoms with Crippen LogP contribution in [-0.2, 0) is 14.8 Å². The van der Waals surface area contributed by atoms with Crippen molar-refractivity contribution >= 4 is 27.8 Å². The zero-order chi connectivity index (χ0) is 29.0. The van der Waals surface area contributed by atoms with Crippen molar-refractivity contribution in [2.24, 2.45) is 5.10 Å². The fourth-order valence-electron chi connectivity index (χ4n) is 4.65. The van der Waals surface area contributed by atoms with E-state index in [1.807, 2.05) is 26.8 Å². The summed E-state index contributed by atoms with van der Waals surface area (Å²) in [7, 11) is -2.56. The van der Waals surface area contributed by atoms with Gasteiger partial charge in [-0.25, -0.2) is 13.8 Å². The number of nitrogens with one attached hydrogen (secondary N) is 1. The number of anilines is 1. The Kier molecular flexibility index (Phi) is 8.44. The Morgan fingerprint density at radius 1 is 0.925 bits per heavy atom. The van der Waals surface area contributed by atoms with Gasteiger partial charge in [-0.15, -0.1) is 0 Å². The largest absolute Gasteiger partial charge is 0.497 e. The molecule has 0 bridgehead atoms. The zero-order valence-corrected chi connectivity index (χ0v) is 24.4. The van der Waals surface area contributed by atoms with E-state index in [-0.39, 0.29) is 4.90 Å². The first-order chi connectivity index (χ1) is 19.0. The smallest absolute Gasteiger partial charge is 0.264 e. The van der Waals surface area contributed by atoms with Crippen LogP contribution in [0.3, 0.4) is 0 Å². The van der Waals surface area contributed by atoms with Gasteiger partial charge in [-0.2, -0.15) is 5.10 Å². The van der Waals surface area contributed by atoms with Crippen molar-refractivity contribution in [3.05, 3.63) is 106 Å². The van der Waals surface area contributed by atoms with Crippen LogP contribution in [0.2, 0.25) is 0 Å². The second-order valence-electron chi connectivity index (χ2n) is 9.83. The molecule has 0 fully saturated rings. The Balaban J connectivity index is 1.57. The Labute approximate surface area is 236 Å². The Morgan fingerprint density at radius 2 is 1.60 bits per heavy atom. The lowest BCUT2D eigenvalue weighted by Crippen LogP contribution is -2.39. The third-order valence-corrected chi connectivity index (χ3v) is 8.35. The van der Waals surface area contributed by atoms with Gasteiger partial charge in [-0.05, 0) is 88.2 Å². The third-order valence-electron chi connectivity index (χ3n) is 6.57. The van der Waals surface area contributed by atoms with Gasteiger partial charge in [0.05, 0.1) is 23.9 Å². The molecular weight excluding hydrogens is 524 g/mol. The molecule has 0 unspecified atom stereocenters. The highest BCUT2D eigenvalue weighted by molar-refractivity contribution is 7.92. The maximum Gasteiger partial charge on any atom is 0.264 e. The van der Waals surface area contributed by atoms with Crippen LogP contribution in [0.1, 0.15) is 33.6 Å². The number of hydrogen-bond acceptors (Lipinski definition) is 5. The van der Waals surface area contributed by atoms with Gasteiger partial charge in [0.1, 0.15) is 12.3 Å². The number of rotatable bonds is 9. The van der Waals surface area contributed by atoms with Crippen LogP contribution in [-0.4, -0.2) is 38.8 Å². The van der Waals surface area contributed by atoms with Gasteiger partial charge >= 0.3 is 0 Å². The summed E-state index contributed by atoms with van der Waals surface area (Å²) in [6.45, 7) is 9.55. The Hall–Kier alpha value is -4.37. The maximum absolute atomic E-state index is 13.6. The van der Waals surface area contributed by atoms with Gasteiger partial charge in [0.2, 0.25) is 0 Å². The molecule has 208 valence electrons. The van der Waals surface area contributed by atoms with Crippen LogP contribution in [0, 0.1) is 34.6 Å². The first-order valence-corrected chi connectivity index (χ1v) is 14.3. The first-order valence-electron chi connectivity index (χ1n) is 12.8. The van der Waals surface area contributed by atoms with Gasteiger partial charge in [-0.3, -0.25) is 9.10 Å². The number of ether oxygens (including phenoxy) is 1. The molecule has 0 atom stereocenters. The molecule has 9 heteroatoms. The first kappa shape index (κ1) is 28.6. The van der Waals surface area contributed by atoms with Crippen LogP contribution in [0.5, 0.6) is 5.75 Å². The molecule has 0 aliphatic carbocycles. The number of aryl methyl sites for hydroxylation is 4. The Morgan fingerprint density at radius 3 is 2.25 bits per heavy atom. The van der Waals surface area contributed by atoms with E-state index in [2.05, 4.69) is 47.1 Å². The topological polar surface area (TPSA) is 93.0 Å². The van der Waals surface area contributed by atoms with Crippen LogP contribution in [0.15, 0.2) is 82.8 Å². The molecule has 4 aromatic rings. The lowest BCUT2D eigenvalue weighted by Gasteiger charge is -2.24. The molecule has 40 heavy (non-hydrogen) atoms. The number of hydrogen-bond donors (Lipinski definition) is 1. The SMILES string of the molecule is COc1cccc(N(CC(=O)N/N=C\c2cc(C)n(-c3cc(C)cc(C)c3)c2C)S(=O)(=O)c2ccc(C)cc2)c1. The number of sulfonamides is 1. The highest BCUT2D eigenvalue weighted by Gasteiger charge is 2.27. The molecule has 1 aromatic heterocycles. The summed E-state index contributed by atoms with van der Waals surface area (Å²) in [4.78, 5) is 13.1. The monoisotopic (exact) mass is 558 g/mol. The average molecular weight is 559 g/mol. The van der Waals surface area contributed by atoms with Crippen molar-refractivity contribution in [2.45, 2.75) is 39.5 Å². The van der Waals surface area contributed by atoms with Crippen molar-refractivity contribution in [1.82, 2.24) is 9.99 Å². The number of methoxy groups -OCH3 is 1. The van der Waals surface area contributed by atoms with Crippen molar-refractivity contribution in [3.63, 3.8) is 0 Å². The number of aromatic nitrogens is 1. The molecule has 3 aromatic carbocycles. The van der Waals surface area contributed by atoms with E-state index in [0.29, 0.717) is 11.4 Å². The standard InChI is InChI=1S/C31H34N4O4S/c1-21-10-12-30(13-11-21)40(37,38)34(27-8-7-9-29(18-27)39-6)20-31(36)33-32-19-26-17-24(4)35(25(26)5)28-15-22(2)14-23(3)16-28/h7-19H,20H2,1-6H3,(H,33,36)/b32-19-. The predicted molar refractivity (Wildman–Crippen MR) is 159 cm³/mol. The summed E-state index contributed by atoms with van der Waals surface area (Å²) < 4.78 is 35.7. The Bertz CT molecular complexity index is 1650. The zero-order valence-electron chi connectivity index (χ0n) is 23.6. The second-order valence-corrected chi connectivity index (χ2v) is 11.7. The molecule has 4 rings (SSSR count). The van der Waals surface area contributed by atoms with Crippen molar-refractivity contribution < 1.29 is 17.9 Å². The van der Waals surface area contributed by atoms with Crippen LogP contribution < -0.4 is 14.5 Å². The highest BCUT2D eigenvalue weighted by atomic mass is 32.2. The minimum absolute atomic E-state index is 0.0797. The fraction of sp³-hybridized carbons (Fsp3) is 0.226. The van der Waals surface area contributed by atoms with Crippen molar-refractivity contribution in [2.75, 3.05) is 18.0 Å². The van der Waals surface area contributed by atoms with Crippen molar-refractivity contribution in [1.29, 1.82) is 0 Å². The molecule has 0 aliphatic rings. The highest BCUT2D eigenvalue weighted by Crippen LogP contribution is 2.27. The van der Waals surface area contributed by atoms with Crippen molar-refractivity contribution in [3.8, 4) is 11.4 Å². The lowest BCUT2D eigenvalue weighted by molar-refractivity contribution is -0.119. The van der Waals surface area contributed by atoms with Gasteiger partial charge in [0.15, 0.2) is 0 Å². The van der Waals surface area contributed by atoms with Gasteiger partial charge in [0.25, 0.3) is 15.9 Å². The number of hydrazone groups is 1. The number of carbonyl (C=O) groups is 1. The van der Waals surface area contributed by atoms with Crippen LogP contribution >= 0.6 is 0 Å². The summed E-state index contributed by atoms with van der Waals surface area (Å²) in [5.41, 5.74) is 9.97. The maximum atomic E-state index is 13.6. The van der Waals surface area contributed by atoms with Gasteiger partial charge in [0, 0.05) is 28.7 Å².